The number of benzene rings is 2. The Balaban J connectivity index is 1.22. The van der Waals surface area contributed by atoms with Crippen LogP contribution in [-0.4, -0.2) is 106 Å². The van der Waals surface area contributed by atoms with Crippen LogP contribution in [0.4, 0.5) is 14.6 Å². The number of hydrogen-bond acceptors (Lipinski definition) is 9. The topological polar surface area (TPSA) is 111 Å². The van der Waals surface area contributed by atoms with E-state index in [1.807, 2.05) is 23.8 Å². The number of amides is 1. The molecule has 2 aromatic carbocycles. The van der Waals surface area contributed by atoms with Gasteiger partial charge in [-0.05, 0) is 92.5 Å². The number of rotatable bonds is 11. The molecule has 300 valence electrons. The van der Waals surface area contributed by atoms with Crippen molar-refractivity contribution in [1.82, 2.24) is 19.8 Å². The Hall–Kier alpha value is -4.47. The van der Waals surface area contributed by atoms with E-state index in [1.165, 1.54) is 12.1 Å². The number of carbonyl (C=O) groups is 1. The molecule has 0 bridgehead atoms. The summed E-state index contributed by atoms with van der Waals surface area (Å²) in [6.07, 6.45) is 11.8. The molecule has 0 spiro atoms. The molecular formula is C44H55F2N5O5. The van der Waals surface area contributed by atoms with Gasteiger partial charge in [0.1, 0.15) is 24.3 Å². The molecular weight excluding hydrogens is 717 g/mol. The van der Waals surface area contributed by atoms with Crippen LogP contribution < -0.4 is 14.4 Å². The Kier molecular flexibility index (Phi) is 11.2. The van der Waals surface area contributed by atoms with Crippen LogP contribution in [0.3, 0.4) is 0 Å². The fraction of sp³-hybridized carbons (Fsp3) is 0.568. The number of terminal acetylenes is 1. The first-order valence-corrected chi connectivity index (χ1v) is 20.1. The van der Waals surface area contributed by atoms with Crippen molar-refractivity contribution in [2.75, 3.05) is 51.3 Å². The molecule has 1 saturated carbocycles. The molecule has 4 atom stereocenters. The van der Waals surface area contributed by atoms with E-state index in [0.717, 1.165) is 45.1 Å². The van der Waals surface area contributed by atoms with Gasteiger partial charge < -0.3 is 29.5 Å². The van der Waals surface area contributed by atoms with Crippen LogP contribution in [0.2, 0.25) is 0 Å². The SMILES string of the molecule is C#Cc1c(F)ccc2cc(O)cc([C@@H]3COc4c(nc(OC[C@]5(C(C)C)C[C@@H](F)CN5CC5CCC(C)(O)CC5)nc4N(C)C[C@@H]4CCCN4C(=O)C=C)C3)c12. The Morgan fingerprint density at radius 1 is 1.25 bits per heavy atom. The molecule has 4 heterocycles. The van der Waals surface area contributed by atoms with Crippen molar-refractivity contribution in [3.63, 3.8) is 0 Å². The summed E-state index contributed by atoms with van der Waals surface area (Å²) < 4.78 is 43.6. The van der Waals surface area contributed by atoms with Crippen LogP contribution >= 0.6 is 0 Å². The number of nitrogens with zero attached hydrogens (tertiary/aromatic N) is 5. The highest BCUT2D eigenvalue weighted by molar-refractivity contribution is 5.93. The van der Waals surface area contributed by atoms with Gasteiger partial charge >= 0.3 is 6.01 Å². The number of phenols is 1. The van der Waals surface area contributed by atoms with Gasteiger partial charge in [0.15, 0.2) is 11.6 Å². The maximum absolute atomic E-state index is 15.5. The number of fused-ring (bicyclic) bond motifs is 2. The number of phenolic OH excluding ortho intramolecular Hbond substituents is 1. The minimum atomic E-state index is -1.00. The van der Waals surface area contributed by atoms with Gasteiger partial charge in [-0.15, -0.1) is 6.42 Å². The van der Waals surface area contributed by atoms with Gasteiger partial charge in [-0.1, -0.05) is 32.4 Å². The third-order valence-corrected chi connectivity index (χ3v) is 12.9. The molecule has 3 fully saturated rings. The lowest BCUT2D eigenvalue weighted by Crippen LogP contribution is -2.54. The van der Waals surface area contributed by atoms with E-state index in [0.29, 0.717) is 72.0 Å². The van der Waals surface area contributed by atoms with E-state index >= 15 is 8.78 Å². The highest BCUT2D eigenvalue weighted by Gasteiger charge is 2.50. The molecule has 12 heteroatoms. The van der Waals surface area contributed by atoms with Crippen LogP contribution in [0.15, 0.2) is 36.9 Å². The summed E-state index contributed by atoms with van der Waals surface area (Å²) in [5.74, 6) is 2.96. The molecule has 4 aliphatic rings. The number of alkyl halides is 1. The van der Waals surface area contributed by atoms with Crippen LogP contribution in [-0.2, 0) is 11.2 Å². The zero-order chi connectivity index (χ0) is 39.9. The van der Waals surface area contributed by atoms with Gasteiger partial charge in [-0.3, -0.25) is 9.69 Å². The summed E-state index contributed by atoms with van der Waals surface area (Å²) >= 11 is 0. The predicted molar refractivity (Wildman–Crippen MR) is 212 cm³/mol. The highest BCUT2D eigenvalue weighted by atomic mass is 19.1. The summed E-state index contributed by atoms with van der Waals surface area (Å²) in [6.45, 7) is 12.4. The monoisotopic (exact) mass is 771 g/mol. The molecule has 3 aliphatic heterocycles. The van der Waals surface area contributed by atoms with E-state index in [2.05, 4.69) is 31.2 Å². The molecule has 1 amide bonds. The minimum absolute atomic E-state index is 0.0278. The molecule has 56 heavy (non-hydrogen) atoms. The number of halogens is 2. The number of aliphatic hydroxyl groups is 1. The van der Waals surface area contributed by atoms with E-state index in [-0.39, 0.29) is 54.3 Å². The third kappa shape index (κ3) is 7.77. The summed E-state index contributed by atoms with van der Waals surface area (Å²) in [5.41, 5.74) is 0.0981. The Morgan fingerprint density at radius 3 is 2.73 bits per heavy atom. The number of ether oxygens (including phenoxy) is 2. The normalized spacial score (nSPS) is 27.9. The van der Waals surface area contributed by atoms with Gasteiger partial charge in [0, 0.05) is 63.4 Å². The number of hydrogen-bond donors (Lipinski definition) is 2. The van der Waals surface area contributed by atoms with Crippen LogP contribution in [0.1, 0.15) is 88.5 Å². The van der Waals surface area contributed by atoms with E-state index in [9.17, 15) is 15.0 Å². The van der Waals surface area contributed by atoms with Crippen molar-refractivity contribution >= 4 is 22.5 Å². The number of anilines is 1. The third-order valence-electron chi connectivity index (χ3n) is 12.9. The molecule has 0 unspecified atom stereocenters. The maximum atomic E-state index is 15.5. The first kappa shape index (κ1) is 39.8. The fourth-order valence-corrected chi connectivity index (χ4v) is 9.66. The fourth-order valence-electron chi connectivity index (χ4n) is 9.66. The van der Waals surface area contributed by atoms with Crippen molar-refractivity contribution in [3.05, 3.63) is 59.6 Å². The second-order valence-corrected chi connectivity index (χ2v) is 17.1. The smallest absolute Gasteiger partial charge is 0.318 e. The summed E-state index contributed by atoms with van der Waals surface area (Å²) in [6, 6.07) is 6.16. The molecule has 10 nitrogen and oxygen atoms in total. The molecule has 7 rings (SSSR count). The van der Waals surface area contributed by atoms with Gasteiger partial charge in [0.05, 0.1) is 29.0 Å². The van der Waals surface area contributed by atoms with Gasteiger partial charge in [0.25, 0.3) is 0 Å². The number of aromatic nitrogens is 2. The van der Waals surface area contributed by atoms with Crippen molar-refractivity contribution in [3.8, 4) is 29.9 Å². The van der Waals surface area contributed by atoms with Crippen molar-refractivity contribution in [2.24, 2.45) is 11.8 Å². The van der Waals surface area contributed by atoms with E-state index in [4.69, 9.17) is 25.9 Å². The molecule has 1 aliphatic carbocycles. The Morgan fingerprint density at radius 2 is 2.02 bits per heavy atom. The molecule has 2 N–H and O–H groups in total. The van der Waals surface area contributed by atoms with Gasteiger partial charge in [0.2, 0.25) is 5.91 Å². The number of likely N-dealkylation sites (tertiary alicyclic amines) is 2. The highest BCUT2D eigenvalue weighted by Crippen LogP contribution is 2.44. The predicted octanol–water partition coefficient (Wildman–Crippen LogP) is 6.55. The average Bonchev–Trinajstić information content (AvgIpc) is 3.77. The molecule has 0 radical (unpaired) electrons. The van der Waals surface area contributed by atoms with E-state index in [1.54, 1.807) is 18.2 Å². The van der Waals surface area contributed by atoms with Crippen LogP contribution in [0.25, 0.3) is 10.8 Å². The lowest BCUT2D eigenvalue weighted by molar-refractivity contribution is -0.126. The zero-order valence-electron chi connectivity index (χ0n) is 33.1. The number of likely N-dealkylation sites (N-methyl/N-ethyl adjacent to an activating group) is 1. The Bertz CT molecular complexity index is 2010. The maximum Gasteiger partial charge on any atom is 0.318 e. The van der Waals surface area contributed by atoms with Crippen molar-refractivity contribution < 1.29 is 33.3 Å². The standard InChI is InChI=1S/C44H55F2N5O5/c1-7-34-36(46)12-11-29-18-33(52)20-35(39(29)34)30-19-37-40(55-25-30)41(49(6)24-32-10-9-17-51(32)38(53)8-2)48-42(47-37)56-26-44(27(3)4)21-31(45)23-50(44)22-28-13-15-43(5,54)16-14-28/h1,8,11-12,18,20,27-28,30-32,52,54H,2,9-10,13-17,19,21-26H2,3-6H3/t28?,30-,31+,32-,43?,44-/m0/s1. The Labute approximate surface area is 328 Å². The van der Waals surface area contributed by atoms with E-state index < -0.39 is 23.1 Å². The lowest BCUT2D eigenvalue weighted by Gasteiger charge is -2.44. The van der Waals surface area contributed by atoms with Crippen LogP contribution in [0, 0.1) is 30.0 Å². The minimum Gasteiger partial charge on any atom is -0.508 e. The summed E-state index contributed by atoms with van der Waals surface area (Å²) in [5, 5.41) is 22.5. The van der Waals surface area contributed by atoms with Crippen molar-refractivity contribution in [2.45, 2.75) is 101 Å². The lowest BCUT2D eigenvalue weighted by atomic mass is 9.78. The molecule has 3 aromatic rings. The van der Waals surface area contributed by atoms with Gasteiger partial charge in [-0.25, -0.2) is 8.78 Å². The zero-order valence-corrected chi connectivity index (χ0v) is 33.1. The first-order valence-electron chi connectivity index (χ1n) is 20.1. The summed E-state index contributed by atoms with van der Waals surface area (Å²) in [4.78, 5) is 28.6. The molecule has 1 aromatic heterocycles. The quantitative estimate of drug-likeness (QED) is 0.166. The van der Waals surface area contributed by atoms with Gasteiger partial charge in [-0.2, -0.15) is 9.97 Å². The average molecular weight is 772 g/mol. The van der Waals surface area contributed by atoms with Crippen LogP contribution in [0.5, 0.6) is 17.5 Å². The van der Waals surface area contributed by atoms with Crippen molar-refractivity contribution in [1.29, 1.82) is 0 Å². The second-order valence-electron chi connectivity index (χ2n) is 17.1. The number of aromatic hydroxyl groups is 1. The summed E-state index contributed by atoms with van der Waals surface area (Å²) in [7, 11) is 1.91. The second kappa shape index (κ2) is 15.8. The number of carbonyl (C=O) groups excluding carboxylic acids is 1. The first-order chi connectivity index (χ1) is 26.7. The molecule has 2 saturated heterocycles. The largest absolute Gasteiger partial charge is 0.508 e.